The van der Waals surface area contributed by atoms with E-state index in [4.69, 9.17) is 14.6 Å². The van der Waals surface area contributed by atoms with E-state index < -0.39 is 0 Å². The summed E-state index contributed by atoms with van der Waals surface area (Å²) in [6.07, 6.45) is 10.0. The zero-order valence-electron chi connectivity index (χ0n) is 18.9. The Labute approximate surface area is 190 Å². The summed E-state index contributed by atoms with van der Waals surface area (Å²) < 4.78 is 15.7. The maximum atomic E-state index is 13.3. The van der Waals surface area contributed by atoms with Gasteiger partial charge in [0.05, 0.1) is 41.1 Å². The Bertz CT molecular complexity index is 1380. The van der Waals surface area contributed by atoms with Crippen molar-refractivity contribution in [3.05, 3.63) is 48.5 Å². The molecule has 9 heteroatoms. The molecule has 9 nitrogen and oxygen atoms in total. The molecule has 1 amide bonds. The summed E-state index contributed by atoms with van der Waals surface area (Å²) in [6, 6.07) is 5.49. The normalized spacial score (nSPS) is 24.2. The molecule has 1 saturated carbocycles. The number of carbonyl (C=O) groups excluding carboxylic acids is 1. The summed E-state index contributed by atoms with van der Waals surface area (Å²) >= 11 is 0. The number of fused-ring (bicyclic) bond motifs is 4. The number of nitrogens with one attached hydrogen (secondary N) is 1. The van der Waals surface area contributed by atoms with Crippen LogP contribution in [-0.4, -0.2) is 48.6 Å². The number of amides is 1. The van der Waals surface area contributed by atoms with E-state index in [0.717, 1.165) is 30.2 Å². The van der Waals surface area contributed by atoms with Crippen LogP contribution in [-0.2, 0) is 10.3 Å². The number of hydrogen-bond acceptors (Lipinski definition) is 6. The average molecular weight is 447 g/mol. The molecule has 2 atom stereocenters. The zero-order chi connectivity index (χ0) is 22.8. The van der Waals surface area contributed by atoms with E-state index >= 15 is 0 Å². The van der Waals surface area contributed by atoms with Crippen LogP contribution in [0.15, 0.2) is 43.0 Å². The van der Waals surface area contributed by atoms with Crippen LogP contribution in [0.25, 0.3) is 16.6 Å². The van der Waals surface area contributed by atoms with Crippen molar-refractivity contribution in [1.29, 1.82) is 0 Å². The fourth-order valence-electron chi connectivity index (χ4n) is 5.12. The Morgan fingerprint density at radius 1 is 1.30 bits per heavy atom. The number of nitrogens with zero attached hydrogens (tertiary/aromatic N) is 5. The molecule has 6 rings (SSSR count). The van der Waals surface area contributed by atoms with Crippen LogP contribution >= 0.6 is 0 Å². The molecule has 1 aliphatic carbocycles. The highest BCUT2D eigenvalue weighted by Gasteiger charge is 2.54. The van der Waals surface area contributed by atoms with E-state index in [1.54, 1.807) is 29.2 Å². The fraction of sp³-hybridized carbons (Fsp3) is 0.417. The molecule has 1 aromatic carbocycles. The van der Waals surface area contributed by atoms with Crippen molar-refractivity contribution in [1.82, 2.24) is 24.4 Å². The van der Waals surface area contributed by atoms with Gasteiger partial charge in [-0.05, 0) is 45.7 Å². The molecule has 2 aliphatic rings. The molecular formula is C24H26N6O3. The van der Waals surface area contributed by atoms with Gasteiger partial charge in [0, 0.05) is 36.5 Å². The van der Waals surface area contributed by atoms with Crippen molar-refractivity contribution in [2.75, 3.05) is 11.9 Å². The molecule has 4 aromatic rings. The smallest absolute Gasteiger partial charge is 0.259 e. The first-order chi connectivity index (χ1) is 15.8. The predicted molar refractivity (Wildman–Crippen MR) is 123 cm³/mol. The first-order valence-electron chi connectivity index (χ1n) is 11.3. The number of ether oxygens (including phenoxy) is 2. The second-order valence-corrected chi connectivity index (χ2v) is 9.69. The van der Waals surface area contributed by atoms with E-state index in [0.29, 0.717) is 29.3 Å². The summed E-state index contributed by atoms with van der Waals surface area (Å²) in [6.45, 7) is 6.72. The summed E-state index contributed by atoms with van der Waals surface area (Å²) in [5, 5.41) is 13.0. The van der Waals surface area contributed by atoms with Gasteiger partial charge in [0.1, 0.15) is 11.4 Å². The Morgan fingerprint density at radius 2 is 2.18 bits per heavy atom. The molecular weight excluding hydrogens is 420 g/mol. The van der Waals surface area contributed by atoms with Crippen molar-refractivity contribution >= 4 is 28.1 Å². The lowest BCUT2D eigenvalue weighted by Gasteiger charge is -2.26. The molecule has 3 aromatic heterocycles. The van der Waals surface area contributed by atoms with E-state index in [-0.39, 0.29) is 23.2 Å². The van der Waals surface area contributed by atoms with Crippen LogP contribution in [0, 0.1) is 0 Å². The van der Waals surface area contributed by atoms with Crippen molar-refractivity contribution in [3.8, 4) is 5.75 Å². The summed E-state index contributed by atoms with van der Waals surface area (Å²) in [7, 11) is 0. The first-order valence-corrected chi connectivity index (χ1v) is 11.3. The standard InChI is InChI=1S/C24H26N6O3/c1-15(2)33-20-10-18-16(12-30(28-18)24-6-5-23(3,13-24)32-14-24)9-17(20)22(31)27-19-11-26-29-8-4-7-25-21(19)29/h4,7-12,15H,5-6,13-14H2,1-3H3,(H,27,31). The van der Waals surface area contributed by atoms with Crippen LogP contribution in [0.4, 0.5) is 5.69 Å². The number of benzene rings is 1. The summed E-state index contributed by atoms with van der Waals surface area (Å²) in [4.78, 5) is 17.6. The highest BCUT2D eigenvalue weighted by Crippen LogP contribution is 2.51. The molecule has 2 unspecified atom stereocenters. The molecule has 33 heavy (non-hydrogen) atoms. The van der Waals surface area contributed by atoms with Gasteiger partial charge in [-0.25, -0.2) is 9.50 Å². The largest absolute Gasteiger partial charge is 0.490 e. The third kappa shape index (κ3) is 3.26. The lowest BCUT2D eigenvalue weighted by molar-refractivity contribution is -0.0149. The van der Waals surface area contributed by atoms with Crippen molar-refractivity contribution in [3.63, 3.8) is 0 Å². The van der Waals surface area contributed by atoms with Gasteiger partial charge in [-0.2, -0.15) is 10.2 Å². The third-order valence-corrected chi connectivity index (χ3v) is 6.74. The topological polar surface area (TPSA) is 95.6 Å². The Hall–Kier alpha value is -3.46. The number of anilines is 1. The molecule has 0 spiro atoms. The van der Waals surface area contributed by atoms with Crippen LogP contribution < -0.4 is 10.1 Å². The van der Waals surface area contributed by atoms with E-state index in [1.807, 2.05) is 36.9 Å². The van der Waals surface area contributed by atoms with Gasteiger partial charge in [0.25, 0.3) is 5.91 Å². The van der Waals surface area contributed by atoms with Crippen molar-refractivity contribution < 1.29 is 14.3 Å². The first kappa shape index (κ1) is 20.2. The van der Waals surface area contributed by atoms with Gasteiger partial charge >= 0.3 is 0 Å². The maximum absolute atomic E-state index is 13.3. The lowest BCUT2D eigenvalue weighted by Crippen LogP contribution is -2.33. The van der Waals surface area contributed by atoms with Gasteiger partial charge in [-0.1, -0.05) is 0 Å². The number of aromatic nitrogens is 5. The van der Waals surface area contributed by atoms with Crippen LogP contribution in [0.2, 0.25) is 0 Å². The van der Waals surface area contributed by atoms with Crippen molar-refractivity contribution in [2.45, 2.75) is 57.3 Å². The molecule has 2 fully saturated rings. The molecule has 1 aliphatic heterocycles. The van der Waals surface area contributed by atoms with Gasteiger partial charge < -0.3 is 14.8 Å². The highest BCUT2D eigenvalue weighted by molar-refractivity contribution is 6.09. The number of carbonyl (C=O) groups is 1. The van der Waals surface area contributed by atoms with Crippen LogP contribution in [0.3, 0.4) is 0 Å². The van der Waals surface area contributed by atoms with Crippen LogP contribution in [0.5, 0.6) is 5.75 Å². The average Bonchev–Trinajstić information content (AvgIpc) is 3.54. The number of hydrogen-bond donors (Lipinski definition) is 1. The minimum atomic E-state index is -0.281. The monoisotopic (exact) mass is 446 g/mol. The quantitative estimate of drug-likeness (QED) is 0.501. The van der Waals surface area contributed by atoms with E-state index in [2.05, 4.69) is 22.3 Å². The fourth-order valence-corrected chi connectivity index (χ4v) is 5.12. The summed E-state index contributed by atoms with van der Waals surface area (Å²) in [5.74, 6) is 0.220. The van der Waals surface area contributed by atoms with Crippen LogP contribution in [0.1, 0.15) is 50.4 Å². The minimum absolute atomic E-state index is 0.0580. The van der Waals surface area contributed by atoms with Gasteiger partial charge in [0.15, 0.2) is 5.65 Å². The third-order valence-electron chi connectivity index (χ3n) is 6.74. The Morgan fingerprint density at radius 3 is 2.91 bits per heavy atom. The SMILES string of the molecule is CC(C)Oc1cc2nn(C34CCC(C)(C3)OC4)cc2cc1C(=O)Nc1cnn2cccnc12. The minimum Gasteiger partial charge on any atom is -0.490 e. The Kier molecular flexibility index (Phi) is 4.29. The molecule has 1 N–H and O–H groups in total. The number of rotatable bonds is 5. The molecule has 4 heterocycles. The molecule has 1 saturated heterocycles. The second kappa shape index (κ2) is 7.02. The maximum Gasteiger partial charge on any atom is 0.259 e. The van der Waals surface area contributed by atoms with E-state index in [9.17, 15) is 4.79 Å². The zero-order valence-corrected chi connectivity index (χ0v) is 18.9. The second-order valence-electron chi connectivity index (χ2n) is 9.69. The molecule has 0 radical (unpaired) electrons. The predicted octanol–water partition coefficient (Wildman–Crippen LogP) is 3.79. The molecule has 2 bridgehead atoms. The van der Waals surface area contributed by atoms with Crippen molar-refractivity contribution in [2.24, 2.45) is 0 Å². The van der Waals surface area contributed by atoms with Gasteiger partial charge in [-0.15, -0.1) is 0 Å². The lowest BCUT2D eigenvalue weighted by atomic mass is 9.99. The Balaban J connectivity index is 1.39. The summed E-state index contributed by atoms with van der Waals surface area (Å²) in [5.41, 5.74) is 2.20. The highest BCUT2D eigenvalue weighted by atomic mass is 16.5. The van der Waals surface area contributed by atoms with Gasteiger partial charge in [0.2, 0.25) is 0 Å². The van der Waals surface area contributed by atoms with E-state index in [1.165, 1.54) is 0 Å². The van der Waals surface area contributed by atoms with Gasteiger partial charge in [-0.3, -0.25) is 9.48 Å². The molecule has 170 valence electrons.